The number of fused-ring (bicyclic) bond motifs is 3. The summed E-state index contributed by atoms with van der Waals surface area (Å²) in [6.45, 7) is 2.73. The zero-order chi connectivity index (χ0) is 21.3. The van der Waals surface area contributed by atoms with E-state index in [2.05, 4.69) is 10.6 Å². The lowest BCUT2D eigenvalue weighted by molar-refractivity contribution is -0.115. The van der Waals surface area contributed by atoms with Crippen LogP contribution >= 0.6 is 0 Å². The third-order valence-corrected chi connectivity index (χ3v) is 4.95. The molecular formula is C23H22N2O5. The molecule has 1 aliphatic rings. The minimum Gasteiger partial charge on any atom is -0.461 e. The standard InChI is InChI=1S/C23H22N2O5/c1-13(26)24-16-9-15(10-17(11-16)25-14(2)27)23(28)29-18-7-8-22-20(12-18)19-5-3-4-6-21(19)30-22/h7-12H,3-6H2,1-2H3,(H,24,26)(H,25,27). The summed E-state index contributed by atoms with van der Waals surface area (Å²) in [7, 11) is 0. The number of amides is 2. The molecule has 1 aromatic heterocycles. The third kappa shape index (κ3) is 4.20. The molecule has 0 bridgehead atoms. The van der Waals surface area contributed by atoms with Crippen LogP contribution in [0.3, 0.4) is 0 Å². The number of nitrogens with one attached hydrogen (secondary N) is 2. The van der Waals surface area contributed by atoms with Gasteiger partial charge in [-0.1, -0.05) is 0 Å². The molecule has 7 nitrogen and oxygen atoms in total. The van der Waals surface area contributed by atoms with Crippen molar-refractivity contribution in [3.63, 3.8) is 0 Å². The van der Waals surface area contributed by atoms with Crippen LogP contribution in [0.25, 0.3) is 11.0 Å². The van der Waals surface area contributed by atoms with Crippen LogP contribution in [0, 0.1) is 0 Å². The summed E-state index contributed by atoms with van der Waals surface area (Å²) in [5.74, 6) is 0.259. The van der Waals surface area contributed by atoms with Crippen LogP contribution < -0.4 is 15.4 Å². The van der Waals surface area contributed by atoms with E-state index in [1.54, 1.807) is 12.1 Å². The molecule has 0 aliphatic heterocycles. The average molecular weight is 406 g/mol. The Morgan fingerprint density at radius 2 is 1.57 bits per heavy atom. The molecule has 0 saturated heterocycles. The number of hydrogen-bond acceptors (Lipinski definition) is 5. The van der Waals surface area contributed by atoms with Crippen molar-refractivity contribution in [2.45, 2.75) is 39.5 Å². The van der Waals surface area contributed by atoms with Crippen molar-refractivity contribution in [3.05, 3.63) is 53.3 Å². The third-order valence-electron chi connectivity index (χ3n) is 4.95. The van der Waals surface area contributed by atoms with Crippen LogP contribution in [0.5, 0.6) is 5.75 Å². The fraction of sp³-hybridized carbons (Fsp3) is 0.261. The zero-order valence-electron chi connectivity index (χ0n) is 16.8. The van der Waals surface area contributed by atoms with Crippen molar-refractivity contribution in [2.75, 3.05) is 10.6 Å². The number of furan rings is 1. The molecule has 4 rings (SSSR count). The van der Waals surface area contributed by atoms with E-state index in [4.69, 9.17) is 9.15 Å². The highest BCUT2D eigenvalue weighted by Gasteiger charge is 2.19. The topological polar surface area (TPSA) is 97.6 Å². The van der Waals surface area contributed by atoms with E-state index in [0.717, 1.165) is 42.4 Å². The first kappa shape index (κ1) is 19.7. The number of rotatable bonds is 4. The lowest BCUT2D eigenvalue weighted by Crippen LogP contribution is -2.13. The van der Waals surface area contributed by atoms with Crippen molar-refractivity contribution in [3.8, 4) is 5.75 Å². The van der Waals surface area contributed by atoms with Gasteiger partial charge in [-0.05, 0) is 55.7 Å². The monoisotopic (exact) mass is 406 g/mol. The summed E-state index contributed by atoms with van der Waals surface area (Å²) in [6, 6.07) is 9.92. The fourth-order valence-corrected chi connectivity index (χ4v) is 3.77. The van der Waals surface area contributed by atoms with Crippen molar-refractivity contribution in [1.82, 2.24) is 0 Å². The molecule has 2 N–H and O–H groups in total. The van der Waals surface area contributed by atoms with Gasteiger partial charge in [-0.15, -0.1) is 0 Å². The van der Waals surface area contributed by atoms with Gasteiger partial charge >= 0.3 is 5.97 Å². The Hall–Kier alpha value is -3.61. The second-order valence-electron chi connectivity index (χ2n) is 7.42. The average Bonchev–Trinajstić information content (AvgIpc) is 3.05. The minimum absolute atomic E-state index is 0.208. The van der Waals surface area contributed by atoms with Crippen LogP contribution in [-0.4, -0.2) is 17.8 Å². The van der Waals surface area contributed by atoms with E-state index in [1.807, 2.05) is 12.1 Å². The maximum absolute atomic E-state index is 12.8. The molecule has 2 aromatic carbocycles. The summed E-state index contributed by atoms with van der Waals surface area (Å²) < 4.78 is 11.5. The first-order chi connectivity index (χ1) is 14.4. The van der Waals surface area contributed by atoms with Gasteiger partial charge in [-0.3, -0.25) is 9.59 Å². The molecule has 0 atom stereocenters. The summed E-state index contributed by atoms with van der Waals surface area (Å²) >= 11 is 0. The summed E-state index contributed by atoms with van der Waals surface area (Å²) in [4.78, 5) is 35.6. The Bertz CT molecular complexity index is 1130. The van der Waals surface area contributed by atoms with Gasteiger partial charge in [0.1, 0.15) is 17.1 Å². The molecule has 0 unspecified atom stereocenters. The lowest BCUT2D eigenvalue weighted by Gasteiger charge is -2.11. The van der Waals surface area contributed by atoms with Crippen LogP contribution in [0.4, 0.5) is 11.4 Å². The Morgan fingerprint density at radius 3 is 2.23 bits per heavy atom. The van der Waals surface area contributed by atoms with Gasteiger partial charge in [0.05, 0.1) is 5.56 Å². The van der Waals surface area contributed by atoms with Gasteiger partial charge in [-0.25, -0.2) is 4.79 Å². The molecule has 30 heavy (non-hydrogen) atoms. The summed E-state index contributed by atoms with van der Waals surface area (Å²) in [6.07, 6.45) is 4.13. The van der Waals surface area contributed by atoms with Gasteiger partial charge in [-0.2, -0.15) is 0 Å². The first-order valence-electron chi connectivity index (χ1n) is 9.86. The van der Waals surface area contributed by atoms with E-state index in [1.165, 1.54) is 31.5 Å². The highest BCUT2D eigenvalue weighted by Crippen LogP contribution is 2.34. The molecule has 0 radical (unpaired) electrons. The number of carbonyl (C=O) groups excluding carboxylic acids is 3. The van der Waals surface area contributed by atoms with E-state index >= 15 is 0 Å². The second-order valence-corrected chi connectivity index (χ2v) is 7.42. The van der Waals surface area contributed by atoms with Gasteiger partial charge < -0.3 is 19.8 Å². The predicted octanol–water partition coefficient (Wildman–Crippen LogP) is 4.45. The largest absolute Gasteiger partial charge is 0.461 e. The number of aryl methyl sites for hydroxylation is 2. The molecule has 0 spiro atoms. The number of ether oxygens (including phenoxy) is 1. The SMILES string of the molecule is CC(=O)Nc1cc(NC(C)=O)cc(C(=O)Oc2ccc3oc4c(c3c2)CCCC4)c1. The Labute approximate surface area is 173 Å². The van der Waals surface area contributed by atoms with Crippen molar-refractivity contribution >= 4 is 40.1 Å². The van der Waals surface area contributed by atoms with Crippen molar-refractivity contribution in [2.24, 2.45) is 0 Å². The van der Waals surface area contributed by atoms with E-state index in [0.29, 0.717) is 17.1 Å². The fourth-order valence-electron chi connectivity index (χ4n) is 3.77. The van der Waals surface area contributed by atoms with Crippen LogP contribution in [0.1, 0.15) is 48.4 Å². The number of benzene rings is 2. The Balaban J connectivity index is 1.62. The van der Waals surface area contributed by atoms with E-state index in [-0.39, 0.29) is 17.4 Å². The molecule has 7 heteroatoms. The maximum Gasteiger partial charge on any atom is 0.343 e. The molecule has 2 amide bonds. The van der Waals surface area contributed by atoms with E-state index in [9.17, 15) is 14.4 Å². The molecule has 3 aromatic rings. The molecule has 154 valence electrons. The lowest BCUT2D eigenvalue weighted by atomic mass is 9.96. The normalized spacial score (nSPS) is 12.9. The smallest absolute Gasteiger partial charge is 0.343 e. The summed E-state index contributed by atoms with van der Waals surface area (Å²) in [5, 5.41) is 6.22. The highest BCUT2D eigenvalue weighted by molar-refractivity contribution is 5.98. The highest BCUT2D eigenvalue weighted by atomic mass is 16.5. The van der Waals surface area contributed by atoms with Crippen LogP contribution in [0.2, 0.25) is 0 Å². The molecular weight excluding hydrogens is 384 g/mol. The molecule has 0 fully saturated rings. The number of esters is 1. The van der Waals surface area contributed by atoms with Crippen LogP contribution in [0.15, 0.2) is 40.8 Å². The second kappa shape index (κ2) is 8.02. The predicted molar refractivity (Wildman–Crippen MR) is 113 cm³/mol. The van der Waals surface area contributed by atoms with Gasteiger partial charge in [0.2, 0.25) is 11.8 Å². The molecule has 0 saturated carbocycles. The van der Waals surface area contributed by atoms with Crippen molar-refractivity contribution in [1.29, 1.82) is 0 Å². The molecule has 1 heterocycles. The van der Waals surface area contributed by atoms with Gasteiger partial charge in [0.25, 0.3) is 0 Å². The number of carbonyl (C=O) groups is 3. The first-order valence-corrected chi connectivity index (χ1v) is 9.86. The van der Waals surface area contributed by atoms with E-state index < -0.39 is 5.97 Å². The quantitative estimate of drug-likeness (QED) is 0.493. The number of hydrogen-bond donors (Lipinski definition) is 2. The molecule has 1 aliphatic carbocycles. The Kier molecular flexibility index (Phi) is 5.27. The summed E-state index contributed by atoms with van der Waals surface area (Å²) in [5.41, 5.74) is 2.97. The van der Waals surface area contributed by atoms with Crippen molar-refractivity contribution < 1.29 is 23.5 Å². The number of anilines is 2. The zero-order valence-corrected chi connectivity index (χ0v) is 16.8. The maximum atomic E-state index is 12.8. The van der Waals surface area contributed by atoms with Crippen LogP contribution in [-0.2, 0) is 22.4 Å². The minimum atomic E-state index is -0.592. The Morgan fingerprint density at radius 1 is 0.900 bits per heavy atom. The van der Waals surface area contributed by atoms with Gasteiger partial charge in [0, 0.05) is 42.6 Å². The van der Waals surface area contributed by atoms with Gasteiger partial charge in [0.15, 0.2) is 0 Å².